The number of amides is 1. The number of nitrogens with zero attached hydrogens (tertiary/aromatic N) is 3. The Hall–Kier alpha value is -4.30. The van der Waals surface area contributed by atoms with Crippen molar-refractivity contribution in [1.82, 2.24) is 19.4 Å². The number of benzene rings is 3. The van der Waals surface area contributed by atoms with Gasteiger partial charge in [-0.3, -0.25) is 18.8 Å². The first-order chi connectivity index (χ1) is 18.0. The van der Waals surface area contributed by atoms with Crippen molar-refractivity contribution >= 4 is 5.91 Å². The van der Waals surface area contributed by atoms with Gasteiger partial charge in [-0.1, -0.05) is 18.2 Å². The highest BCUT2D eigenvalue weighted by molar-refractivity contribution is 5.73. The molecule has 0 radical (unpaired) electrons. The highest BCUT2D eigenvalue weighted by Gasteiger charge is 2.22. The Kier molecular flexibility index (Phi) is 7.37. The lowest BCUT2D eigenvalue weighted by Gasteiger charge is -2.16. The predicted molar refractivity (Wildman–Crippen MR) is 142 cm³/mol. The van der Waals surface area contributed by atoms with E-state index in [0.29, 0.717) is 12.4 Å². The molecular weight excluding hydrogens is 468 g/mol. The summed E-state index contributed by atoms with van der Waals surface area (Å²) in [5.74, 6) is 2.24. The number of carbonyl (C=O) groups is 1. The molecule has 5 rings (SSSR count). The minimum Gasteiger partial charge on any atom is -0.492 e. The molecule has 8 nitrogen and oxygen atoms in total. The quantitative estimate of drug-likeness (QED) is 0.377. The maximum Gasteiger partial charge on any atom is 0.337 e. The molecule has 0 bridgehead atoms. The summed E-state index contributed by atoms with van der Waals surface area (Å²) in [7, 11) is 0. The van der Waals surface area contributed by atoms with E-state index in [0.717, 1.165) is 48.9 Å². The molecule has 0 spiro atoms. The first kappa shape index (κ1) is 24.4. The lowest BCUT2D eigenvalue weighted by molar-refractivity contribution is -0.119. The Morgan fingerprint density at radius 2 is 1.46 bits per heavy atom. The molecule has 1 amide bonds. The molecule has 190 valence electrons. The normalized spacial score (nSPS) is 15.4. The van der Waals surface area contributed by atoms with Crippen molar-refractivity contribution in [3.8, 4) is 28.6 Å². The number of likely N-dealkylation sites (tertiary alicyclic amines) is 1. The molecule has 1 fully saturated rings. The number of hydrogen-bond donors (Lipinski definition) is 1. The Bertz CT molecular complexity index is 1380. The van der Waals surface area contributed by atoms with Gasteiger partial charge in [-0.15, -0.1) is 0 Å². The molecule has 1 atom stereocenters. The number of imidazole rings is 1. The van der Waals surface area contributed by atoms with Crippen LogP contribution in [0.4, 0.5) is 0 Å². The molecule has 1 unspecified atom stereocenters. The minimum atomic E-state index is -0.159. The van der Waals surface area contributed by atoms with E-state index in [-0.39, 0.29) is 17.6 Å². The van der Waals surface area contributed by atoms with Crippen molar-refractivity contribution in [3.05, 3.63) is 102 Å². The summed E-state index contributed by atoms with van der Waals surface area (Å²) in [5.41, 5.74) is 1.36. The number of rotatable bonds is 9. The van der Waals surface area contributed by atoms with E-state index >= 15 is 0 Å². The molecule has 1 aliphatic heterocycles. The predicted octanol–water partition coefficient (Wildman–Crippen LogP) is 4.01. The molecule has 1 aromatic heterocycles. The summed E-state index contributed by atoms with van der Waals surface area (Å²) in [6.07, 6.45) is 4.48. The van der Waals surface area contributed by atoms with Gasteiger partial charge in [0.05, 0.1) is 11.4 Å². The number of para-hydroxylation sites is 1. The van der Waals surface area contributed by atoms with Crippen molar-refractivity contribution in [1.29, 1.82) is 0 Å². The molecule has 2 heterocycles. The van der Waals surface area contributed by atoms with E-state index in [1.54, 1.807) is 28.5 Å². The van der Waals surface area contributed by atoms with E-state index < -0.39 is 0 Å². The molecular formula is C29H30N4O4. The molecule has 0 saturated carbocycles. The Morgan fingerprint density at radius 1 is 0.865 bits per heavy atom. The SMILES string of the molecule is CC(=O)NC1CCN(CCOc2ccc(-n3ccn(-c4ccc(Oc5ccccc5)cc4)c3=O)cc2)C1. The highest BCUT2D eigenvalue weighted by atomic mass is 16.5. The fraction of sp³-hybridized carbons (Fsp3) is 0.241. The zero-order valence-electron chi connectivity index (χ0n) is 20.7. The average molecular weight is 499 g/mol. The van der Waals surface area contributed by atoms with Crippen LogP contribution in [0.1, 0.15) is 13.3 Å². The average Bonchev–Trinajstić information content (AvgIpc) is 3.51. The third kappa shape index (κ3) is 6.10. The maximum atomic E-state index is 13.1. The van der Waals surface area contributed by atoms with Gasteiger partial charge in [0.15, 0.2) is 0 Å². The first-order valence-electron chi connectivity index (χ1n) is 12.4. The van der Waals surface area contributed by atoms with E-state index in [1.165, 1.54) is 0 Å². The van der Waals surface area contributed by atoms with Gasteiger partial charge < -0.3 is 14.8 Å². The van der Waals surface area contributed by atoms with Crippen molar-refractivity contribution in [2.75, 3.05) is 26.2 Å². The van der Waals surface area contributed by atoms with Crippen molar-refractivity contribution in [3.63, 3.8) is 0 Å². The van der Waals surface area contributed by atoms with Gasteiger partial charge in [-0.25, -0.2) is 4.79 Å². The summed E-state index contributed by atoms with van der Waals surface area (Å²) >= 11 is 0. The van der Waals surface area contributed by atoms with Gasteiger partial charge in [0.25, 0.3) is 0 Å². The van der Waals surface area contributed by atoms with Gasteiger partial charge in [0.1, 0.15) is 23.9 Å². The first-order valence-corrected chi connectivity index (χ1v) is 12.4. The second kappa shape index (κ2) is 11.2. The third-order valence-corrected chi connectivity index (χ3v) is 6.34. The molecule has 0 aliphatic carbocycles. The van der Waals surface area contributed by atoms with E-state index in [4.69, 9.17) is 9.47 Å². The fourth-order valence-electron chi connectivity index (χ4n) is 4.51. The van der Waals surface area contributed by atoms with Crippen molar-refractivity contribution in [2.45, 2.75) is 19.4 Å². The van der Waals surface area contributed by atoms with Gasteiger partial charge in [0, 0.05) is 45.0 Å². The van der Waals surface area contributed by atoms with Gasteiger partial charge >= 0.3 is 5.69 Å². The highest BCUT2D eigenvalue weighted by Crippen LogP contribution is 2.22. The summed E-state index contributed by atoms with van der Waals surface area (Å²) < 4.78 is 14.9. The summed E-state index contributed by atoms with van der Waals surface area (Å²) in [6, 6.07) is 24.7. The molecule has 1 N–H and O–H groups in total. The largest absolute Gasteiger partial charge is 0.492 e. The van der Waals surface area contributed by atoms with Crippen molar-refractivity contribution < 1.29 is 14.3 Å². The van der Waals surface area contributed by atoms with Crippen LogP contribution in [0.25, 0.3) is 11.4 Å². The van der Waals surface area contributed by atoms with Crippen LogP contribution in [-0.2, 0) is 4.79 Å². The van der Waals surface area contributed by atoms with Gasteiger partial charge in [-0.2, -0.15) is 0 Å². The molecule has 1 saturated heterocycles. The number of hydrogen-bond acceptors (Lipinski definition) is 5. The van der Waals surface area contributed by atoms with Gasteiger partial charge in [0.2, 0.25) is 5.91 Å². The number of ether oxygens (including phenoxy) is 2. The molecule has 1 aliphatic rings. The van der Waals surface area contributed by atoms with Crippen LogP contribution in [0, 0.1) is 0 Å². The summed E-state index contributed by atoms with van der Waals surface area (Å²) in [5, 5.41) is 2.97. The summed E-state index contributed by atoms with van der Waals surface area (Å²) in [6.45, 7) is 4.72. The van der Waals surface area contributed by atoms with Crippen LogP contribution in [0.3, 0.4) is 0 Å². The lowest BCUT2D eigenvalue weighted by atomic mass is 10.3. The Balaban J connectivity index is 1.17. The monoisotopic (exact) mass is 498 g/mol. The van der Waals surface area contributed by atoms with Crippen LogP contribution in [0.2, 0.25) is 0 Å². The van der Waals surface area contributed by atoms with E-state index in [9.17, 15) is 9.59 Å². The maximum absolute atomic E-state index is 13.1. The standard InChI is InChI=1S/C29H30N4O4/c1-22(34)30-23-15-16-31(21-23)19-20-36-26-11-7-24(8-12-26)32-17-18-33(29(32)35)25-9-13-28(14-10-25)37-27-5-3-2-4-6-27/h2-14,17-18,23H,15-16,19-21H2,1H3,(H,30,34). The third-order valence-electron chi connectivity index (χ3n) is 6.34. The number of aromatic nitrogens is 2. The van der Waals surface area contributed by atoms with Crippen LogP contribution >= 0.6 is 0 Å². The van der Waals surface area contributed by atoms with Crippen LogP contribution in [0.15, 0.2) is 96.1 Å². The zero-order chi connectivity index (χ0) is 25.6. The van der Waals surface area contributed by atoms with Crippen LogP contribution in [0.5, 0.6) is 17.2 Å². The van der Waals surface area contributed by atoms with E-state index in [1.807, 2.05) is 78.9 Å². The second-order valence-electron chi connectivity index (χ2n) is 9.06. The smallest absolute Gasteiger partial charge is 0.337 e. The van der Waals surface area contributed by atoms with Crippen LogP contribution in [-0.4, -0.2) is 52.2 Å². The zero-order valence-corrected chi connectivity index (χ0v) is 20.7. The fourth-order valence-corrected chi connectivity index (χ4v) is 4.51. The van der Waals surface area contributed by atoms with Gasteiger partial charge in [-0.05, 0) is 67.1 Å². The Labute approximate surface area is 215 Å². The summed E-state index contributed by atoms with van der Waals surface area (Å²) in [4.78, 5) is 26.6. The second-order valence-corrected chi connectivity index (χ2v) is 9.06. The molecule has 8 heteroatoms. The van der Waals surface area contributed by atoms with Crippen molar-refractivity contribution in [2.24, 2.45) is 0 Å². The van der Waals surface area contributed by atoms with Crippen LogP contribution < -0.4 is 20.5 Å². The number of nitrogens with one attached hydrogen (secondary N) is 1. The Morgan fingerprint density at radius 3 is 2.08 bits per heavy atom. The molecule has 3 aromatic carbocycles. The minimum absolute atomic E-state index is 0.0176. The lowest BCUT2D eigenvalue weighted by Crippen LogP contribution is -2.36. The molecule has 37 heavy (non-hydrogen) atoms. The molecule has 4 aromatic rings. The topological polar surface area (TPSA) is 77.7 Å². The number of carbonyl (C=O) groups excluding carboxylic acids is 1. The van der Waals surface area contributed by atoms with E-state index in [2.05, 4.69) is 10.2 Å².